The molecule has 0 aliphatic heterocycles. The van der Waals surface area contributed by atoms with Crippen LogP contribution in [0.4, 0.5) is 17.1 Å². The Morgan fingerprint density at radius 1 is 0.304 bits per heavy atom. The molecule has 0 saturated heterocycles. The third kappa shape index (κ3) is 5.11. The number of rotatable bonds is 6. The molecule has 0 radical (unpaired) electrons. The second-order valence-electron chi connectivity index (χ2n) is 14.5. The summed E-state index contributed by atoms with van der Waals surface area (Å²) < 4.78 is 2.38. The van der Waals surface area contributed by atoms with Crippen LogP contribution in [0.15, 0.2) is 218 Å². The molecule has 0 unspecified atom stereocenters. The normalized spacial score (nSPS) is 11.6. The minimum absolute atomic E-state index is 1.10. The Morgan fingerprint density at radius 2 is 0.786 bits per heavy atom. The molecule has 56 heavy (non-hydrogen) atoms. The van der Waals surface area contributed by atoms with Crippen molar-refractivity contribution >= 4 is 71.2 Å². The number of fused-ring (bicyclic) bond motifs is 6. The largest absolute Gasteiger partial charge is 0.310 e. The highest BCUT2D eigenvalue weighted by Gasteiger charge is 2.20. The minimum Gasteiger partial charge on any atom is -0.310 e. The molecule has 10 aromatic carbocycles. The Labute approximate surface area is 325 Å². The molecular formula is C54H36N2. The van der Waals surface area contributed by atoms with Gasteiger partial charge >= 0.3 is 0 Å². The van der Waals surface area contributed by atoms with Crippen LogP contribution in [0.5, 0.6) is 0 Å². The molecule has 1 heterocycles. The molecule has 2 nitrogen and oxygen atoms in total. The molecule has 0 N–H and O–H groups in total. The fraction of sp³-hybridized carbons (Fsp3) is 0. The Hall–Kier alpha value is -7.42. The number of anilines is 3. The lowest BCUT2D eigenvalue weighted by Gasteiger charge is -2.27. The summed E-state index contributed by atoms with van der Waals surface area (Å²) in [5.41, 5.74) is 11.9. The van der Waals surface area contributed by atoms with Crippen LogP contribution in [-0.2, 0) is 0 Å². The van der Waals surface area contributed by atoms with E-state index in [9.17, 15) is 0 Å². The molecule has 262 valence electrons. The van der Waals surface area contributed by atoms with Crippen molar-refractivity contribution in [2.24, 2.45) is 0 Å². The summed E-state index contributed by atoms with van der Waals surface area (Å²) in [6, 6.07) is 79.4. The fourth-order valence-electron chi connectivity index (χ4n) is 8.92. The maximum atomic E-state index is 2.43. The van der Waals surface area contributed by atoms with Crippen molar-refractivity contribution in [2.75, 3.05) is 4.90 Å². The zero-order valence-electron chi connectivity index (χ0n) is 30.7. The van der Waals surface area contributed by atoms with Crippen LogP contribution < -0.4 is 4.90 Å². The average molecular weight is 713 g/mol. The summed E-state index contributed by atoms with van der Waals surface area (Å²) in [6.45, 7) is 0. The van der Waals surface area contributed by atoms with Crippen molar-refractivity contribution < 1.29 is 0 Å². The van der Waals surface area contributed by atoms with Crippen LogP contribution in [0.3, 0.4) is 0 Å². The minimum atomic E-state index is 1.10. The van der Waals surface area contributed by atoms with Crippen LogP contribution in [0.25, 0.3) is 82.1 Å². The predicted octanol–water partition coefficient (Wildman–Crippen LogP) is 15.0. The topological polar surface area (TPSA) is 8.17 Å². The zero-order valence-corrected chi connectivity index (χ0v) is 30.7. The summed E-state index contributed by atoms with van der Waals surface area (Å²) in [6.07, 6.45) is 0. The van der Waals surface area contributed by atoms with Crippen molar-refractivity contribution in [2.45, 2.75) is 0 Å². The SMILES string of the molecule is c1ccc(-c2c3ccccc3c(-c3ccc(N(c4ccc5c(c4)c4ccccc4n5-c4ccccc4)c4cccc5ccccc45)cc3)c3ccccc23)cc1. The zero-order chi connectivity index (χ0) is 37.0. The molecule has 0 atom stereocenters. The molecule has 0 saturated carbocycles. The summed E-state index contributed by atoms with van der Waals surface area (Å²) in [5, 5.41) is 9.91. The Balaban J connectivity index is 1.12. The van der Waals surface area contributed by atoms with Gasteiger partial charge in [0, 0.05) is 33.2 Å². The van der Waals surface area contributed by atoms with Gasteiger partial charge in [0.05, 0.1) is 16.7 Å². The summed E-state index contributed by atoms with van der Waals surface area (Å²) >= 11 is 0. The molecular weight excluding hydrogens is 677 g/mol. The smallest absolute Gasteiger partial charge is 0.0542 e. The van der Waals surface area contributed by atoms with Gasteiger partial charge in [-0.3, -0.25) is 0 Å². The van der Waals surface area contributed by atoms with Gasteiger partial charge in [0.2, 0.25) is 0 Å². The molecule has 11 aromatic rings. The molecule has 2 heteroatoms. The third-order valence-corrected chi connectivity index (χ3v) is 11.3. The standard InChI is InChI=1S/C54H36N2/c1-3-17-38(18-4-1)53-45-24-9-11-26-47(45)54(48-27-12-10-25-46(48)53)39-30-32-41(33-31-39)55(50-29-15-19-37-16-7-8-22-43(37)50)42-34-35-52-49(36-42)44-23-13-14-28-51(44)56(52)40-20-5-2-6-21-40/h1-36H. The summed E-state index contributed by atoms with van der Waals surface area (Å²) in [7, 11) is 0. The van der Waals surface area contributed by atoms with Crippen LogP contribution >= 0.6 is 0 Å². The van der Waals surface area contributed by atoms with Gasteiger partial charge in [-0.25, -0.2) is 0 Å². The first kappa shape index (κ1) is 32.0. The highest BCUT2D eigenvalue weighted by atomic mass is 15.1. The van der Waals surface area contributed by atoms with Gasteiger partial charge in [-0.1, -0.05) is 164 Å². The maximum Gasteiger partial charge on any atom is 0.0542 e. The lowest BCUT2D eigenvalue weighted by atomic mass is 9.86. The second-order valence-corrected chi connectivity index (χ2v) is 14.5. The summed E-state index contributed by atoms with van der Waals surface area (Å²) in [4.78, 5) is 2.43. The van der Waals surface area contributed by atoms with Crippen molar-refractivity contribution in [3.63, 3.8) is 0 Å². The predicted molar refractivity (Wildman–Crippen MR) is 239 cm³/mol. The third-order valence-electron chi connectivity index (χ3n) is 11.3. The van der Waals surface area contributed by atoms with Crippen molar-refractivity contribution in [3.05, 3.63) is 218 Å². The number of benzene rings is 10. The van der Waals surface area contributed by atoms with Gasteiger partial charge in [0.15, 0.2) is 0 Å². The summed E-state index contributed by atoms with van der Waals surface area (Å²) in [5.74, 6) is 0. The molecule has 1 aromatic heterocycles. The van der Waals surface area contributed by atoms with Crippen molar-refractivity contribution in [3.8, 4) is 27.9 Å². The number of aromatic nitrogens is 1. The number of para-hydroxylation sites is 2. The van der Waals surface area contributed by atoms with E-state index in [4.69, 9.17) is 0 Å². The first-order chi connectivity index (χ1) is 27.8. The van der Waals surface area contributed by atoms with Crippen LogP contribution in [-0.4, -0.2) is 4.57 Å². The van der Waals surface area contributed by atoms with E-state index in [0.717, 1.165) is 22.7 Å². The van der Waals surface area contributed by atoms with Gasteiger partial charge in [0.25, 0.3) is 0 Å². The Morgan fingerprint density at radius 3 is 1.45 bits per heavy atom. The molecule has 0 bridgehead atoms. The molecule has 0 fully saturated rings. The molecule has 0 amide bonds. The van der Waals surface area contributed by atoms with E-state index in [1.54, 1.807) is 0 Å². The Kier molecular flexibility index (Phi) is 7.53. The van der Waals surface area contributed by atoms with Gasteiger partial charge < -0.3 is 9.47 Å². The van der Waals surface area contributed by atoms with Crippen LogP contribution in [0.1, 0.15) is 0 Å². The number of hydrogen-bond acceptors (Lipinski definition) is 1. The lowest BCUT2D eigenvalue weighted by molar-refractivity contribution is 1.18. The van der Waals surface area contributed by atoms with E-state index in [0.29, 0.717) is 0 Å². The van der Waals surface area contributed by atoms with Crippen LogP contribution in [0, 0.1) is 0 Å². The lowest BCUT2D eigenvalue weighted by Crippen LogP contribution is -2.10. The monoisotopic (exact) mass is 712 g/mol. The van der Waals surface area contributed by atoms with Crippen molar-refractivity contribution in [1.29, 1.82) is 0 Å². The fourth-order valence-corrected chi connectivity index (χ4v) is 8.92. The molecule has 0 aliphatic carbocycles. The Bertz CT molecular complexity index is 3170. The number of nitrogens with zero attached hydrogens (tertiary/aromatic N) is 2. The first-order valence-electron chi connectivity index (χ1n) is 19.3. The molecule has 0 spiro atoms. The first-order valence-corrected chi connectivity index (χ1v) is 19.3. The van der Waals surface area contributed by atoms with Crippen LogP contribution in [0.2, 0.25) is 0 Å². The van der Waals surface area contributed by atoms with Crippen molar-refractivity contribution in [1.82, 2.24) is 4.57 Å². The van der Waals surface area contributed by atoms with Gasteiger partial charge in [-0.05, 0) is 104 Å². The van der Waals surface area contributed by atoms with E-state index in [1.807, 2.05) is 0 Å². The van der Waals surface area contributed by atoms with E-state index in [2.05, 4.69) is 228 Å². The van der Waals surface area contributed by atoms with E-state index >= 15 is 0 Å². The van der Waals surface area contributed by atoms with Gasteiger partial charge in [-0.2, -0.15) is 0 Å². The van der Waals surface area contributed by atoms with E-state index in [1.165, 1.54) is 76.4 Å². The maximum absolute atomic E-state index is 2.43. The molecule has 11 rings (SSSR count). The van der Waals surface area contributed by atoms with Gasteiger partial charge in [0.1, 0.15) is 0 Å². The highest BCUT2D eigenvalue weighted by molar-refractivity contribution is 6.21. The highest BCUT2D eigenvalue weighted by Crippen LogP contribution is 2.46. The second kappa shape index (κ2) is 13.2. The average Bonchev–Trinajstić information content (AvgIpc) is 3.60. The van der Waals surface area contributed by atoms with E-state index in [-0.39, 0.29) is 0 Å². The van der Waals surface area contributed by atoms with E-state index < -0.39 is 0 Å². The molecule has 0 aliphatic rings. The quantitative estimate of drug-likeness (QED) is 0.156. The van der Waals surface area contributed by atoms with Gasteiger partial charge in [-0.15, -0.1) is 0 Å². The number of hydrogen-bond donors (Lipinski definition) is 0.